The summed E-state index contributed by atoms with van der Waals surface area (Å²) in [6.45, 7) is 2.90. The predicted octanol–water partition coefficient (Wildman–Crippen LogP) is 2.48. The van der Waals surface area contributed by atoms with Crippen LogP contribution < -0.4 is 5.73 Å². The summed E-state index contributed by atoms with van der Waals surface area (Å²) in [4.78, 5) is 4.37. The Labute approximate surface area is 115 Å². The minimum atomic E-state index is 0.526. The second kappa shape index (κ2) is 6.53. The maximum absolute atomic E-state index is 5.92. The molecular weight excluding hydrogens is 234 g/mol. The lowest BCUT2D eigenvalue weighted by atomic mass is 9.92. The number of nitrogens with two attached hydrogens (primary N) is 1. The van der Waals surface area contributed by atoms with Crippen molar-refractivity contribution in [3.63, 3.8) is 0 Å². The van der Waals surface area contributed by atoms with E-state index in [0.717, 1.165) is 31.6 Å². The van der Waals surface area contributed by atoms with Crippen LogP contribution >= 0.6 is 0 Å². The Kier molecular flexibility index (Phi) is 4.74. The van der Waals surface area contributed by atoms with E-state index < -0.39 is 0 Å². The molecule has 3 heteroatoms. The zero-order valence-electron chi connectivity index (χ0n) is 11.8. The first-order valence-electron chi connectivity index (χ1n) is 6.91. The molecule has 2 rings (SSSR count). The third kappa shape index (κ3) is 3.67. The van der Waals surface area contributed by atoms with Gasteiger partial charge in [-0.1, -0.05) is 24.3 Å². The summed E-state index contributed by atoms with van der Waals surface area (Å²) >= 11 is 0. The van der Waals surface area contributed by atoms with E-state index in [1.807, 2.05) is 19.4 Å². The predicted molar refractivity (Wildman–Crippen MR) is 79.0 cm³/mol. The van der Waals surface area contributed by atoms with Crippen LogP contribution in [0, 0.1) is 12.8 Å². The highest BCUT2D eigenvalue weighted by atomic mass is 15.0. The molecule has 0 saturated carbocycles. The summed E-state index contributed by atoms with van der Waals surface area (Å²) < 4.78 is 2.08. The number of hydrogen-bond acceptors (Lipinski definition) is 2. The molecule has 0 saturated heterocycles. The Hall–Kier alpha value is -1.61. The molecule has 2 aromatic rings. The van der Waals surface area contributed by atoms with Crippen molar-refractivity contribution in [2.45, 2.75) is 26.2 Å². The average Bonchev–Trinajstić information content (AvgIpc) is 2.82. The first kappa shape index (κ1) is 13.8. The van der Waals surface area contributed by atoms with E-state index in [4.69, 9.17) is 5.73 Å². The van der Waals surface area contributed by atoms with E-state index in [0.29, 0.717) is 5.92 Å². The zero-order valence-corrected chi connectivity index (χ0v) is 11.8. The summed E-state index contributed by atoms with van der Waals surface area (Å²) in [7, 11) is 2.04. The Bertz CT molecular complexity index is 516. The number of nitrogens with zero attached hydrogens (tertiary/aromatic N) is 2. The van der Waals surface area contributed by atoms with Gasteiger partial charge in [-0.25, -0.2) is 4.98 Å². The Morgan fingerprint density at radius 2 is 2.11 bits per heavy atom. The van der Waals surface area contributed by atoms with Crippen LogP contribution in [0.3, 0.4) is 0 Å². The minimum Gasteiger partial charge on any atom is -0.338 e. The molecule has 0 bridgehead atoms. The van der Waals surface area contributed by atoms with E-state index in [9.17, 15) is 0 Å². The van der Waals surface area contributed by atoms with Gasteiger partial charge < -0.3 is 10.3 Å². The first-order chi connectivity index (χ1) is 9.20. The Balaban J connectivity index is 1.94. The highest BCUT2D eigenvalue weighted by molar-refractivity contribution is 5.26. The summed E-state index contributed by atoms with van der Waals surface area (Å²) in [5.41, 5.74) is 8.69. The molecular formula is C16H23N3. The number of hydrogen-bond donors (Lipinski definition) is 1. The van der Waals surface area contributed by atoms with Crippen molar-refractivity contribution in [3.8, 4) is 0 Å². The molecule has 19 heavy (non-hydrogen) atoms. The molecule has 102 valence electrons. The number of rotatable bonds is 6. The summed E-state index contributed by atoms with van der Waals surface area (Å²) in [5.74, 6) is 1.67. The largest absolute Gasteiger partial charge is 0.338 e. The van der Waals surface area contributed by atoms with Crippen LogP contribution in [0.15, 0.2) is 36.7 Å². The third-order valence-corrected chi connectivity index (χ3v) is 3.80. The van der Waals surface area contributed by atoms with Gasteiger partial charge >= 0.3 is 0 Å². The van der Waals surface area contributed by atoms with E-state index in [-0.39, 0.29) is 0 Å². The molecule has 0 amide bonds. The van der Waals surface area contributed by atoms with Gasteiger partial charge in [0.2, 0.25) is 0 Å². The fraction of sp³-hybridized carbons (Fsp3) is 0.438. The van der Waals surface area contributed by atoms with Crippen molar-refractivity contribution in [1.82, 2.24) is 9.55 Å². The molecule has 2 N–H and O–H groups in total. The van der Waals surface area contributed by atoms with E-state index in [2.05, 4.69) is 40.7 Å². The molecule has 1 aromatic heterocycles. The van der Waals surface area contributed by atoms with Crippen molar-refractivity contribution in [1.29, 1.82) is 0 Å². The van der Waals surface area contributed by atoms with Crippen molar-refractivity contribution in [2.75, 3.05) is 6.54 Å². The highest BCUT2D eigenvalue weighted by Crippen LogP contribution is 2.16. The van der Waals surface area contributed by atoms with Gasteiger partial charge in [0.05, 0.1) is 0 Å². The van der Waals surface area contributed by atoms with Crippen LogP contribution in [0.4, 0.5) is 0 Å². The van der Waals surface area contributed by atoms with E-state index in [1.54, 1.807) is 0 Å². The Morgan fingerprint density at radius 3 is 2.74 bits per heavy atom. The van der Waals surface area contributed by atoms with Gasteiger partial charge in [-0.05, 0) is 43.4 Å². The topological polar surface area (TPSA) is 43.8 Å². The lowest BCUT2D eigenvalue weighted by Gasteiger charge is -2.16. The second-order valence-electron chi connectivity index (χ2n) is 5.23. The summed E-state index contributed by atoms with van der Waals surface area (Å²) in [6, 6.07) is 8.57. The Morgan fingerprint density at radius 1 is 1.32 bits per heavy atom. The van der Waals surface area contributed by atoms with Crippen molar-refractivity contribution < 1.29 is 0 Å². The number of benzene rings is 1. The van der Waals surface area contributed by atoms with Gasteiger partial charge in [-0.15, -0.1) is 0 Å². The molecule has 1 atom stereocenters. The fourth-order valence-corrected chi connectivity index (χ4v) is 2.42. The quantitative estimate of drug-likeness (QED) is 0.864. The maximum atomic E-state index is 5.92. The van der Waals surface area contributed by atoms with E-state index in [1.165, 1.54) is 11.1 Å². The molecule has 1 heterocycles. The second-order valence-corrected chi connectivity index (χ2v) is 5.23. The lowest BCUT2D eigenvalue weighted by molar-refractivity contribution is 0.483. The smallest absolute Gasteiger partial charge is 0.108 e. The number of aromatic nitrogens is 2. The average molecular weight is 257 g/mol. The number of imidazole rings is 1. The minimum absolute atomic E-state index is 0.526. The molecule has 0 fully saturated rings. The van der Waals surface area contributed by atoms with Crippen LogP contribution in [0.5, 0.6) is 0 Å². The van der Waals surface area contributed by atoms with Crippen molar-refractivity contribution in [2.24, 2.45) is 18.7 Å². The van der Waals surface area contributed by atoms with Crippen LogP contribution in [0.1, 0.15) is 23.4 Å². The maximum Gasteiger partial charge on any atom is 0.108 e. The first-order valence-corrected chi connectivity index (χ1v) is 6.91. The van der Waals surface area contributed by atoms with Crippen LogP contribution in [0.25, 0.3) is 0 Å². The summed E-state index contributed by atoms with van der Waals surface area (Å²) in [6.07, 6.45) is 7.00. The SMILES string of the molecule is Cc1ccccc1CC(CN)CCc1nccn1C. The van der Waals surface area contributed by atoms with Crippen LogP contribution in [0.2, 0.25) is 0 Å². The number of aryl methyl sites for hydroxylation is 3. The van der Waals surface area contributed by atoms with Gasteiger partial charge in [0.15, 0.2) is 0 Å². The van der Waals surface area contributed by atoms with E-state index >= 15 is 0 Å². The molecule has 0 aliphatic carbocycles. The molecule has 3 nitrogen and oxygen atoms in total. The molecule has 0 radical (unpaired) electrons. The molecule has 0 aliphatic heterocycles. The third-order valence-electron chi connectivity index (χ3n) is 3.80. The fourth-order valence-electron chi connectivity index (χ4n) is 2.42. The van der Waals surface area contributed by atoms with Gasteiger partial charge in [0.1, 0.15) is 5.82 Å². The highest BCUT2D eigenvalue weighted by Gasteiger charge is 2.11. The van der Waals surface area contributed by atoms with Gasteiger partial charge in [-0.2, -0.15) is 0 Å². The van der Waals surface area contributed by atoms with Gasteiger partial charge in [0, 0.05) is 25.9 Å². The lowest BCUT2D eigenvalue weighted by Crippen LogP contribution is -2.18. The standard InChI is InChI=1S/C16H23N3/c1-13-5-3-4-6-15(13)11-14(12-17)7-8-16-18-9-10-19(16)2/h3-6,9-10,14H,7-8,11-12,17H2,1-2H3. The zero-order chi connectivity index (χ0) is 13.7. The van der Waals surface area contributed by atoms with Crippen LogP contribution in [-0.2, 0) is 19.9 Å². The van der Waals surface area contributed by atoms with Crippen molar-refractivity contribution in [3.05, 3.63) is 53.6 Å². The molecule has 0 aliphatic rings. The van der Waals surface area contributed by atoms with Crippen LogP contribution in [-0.4, -0.2) is 16.1 Å². The molecule has 1 unspecified atom stereocenters. The summed E-state index contributed by atoms with van der Waals surface area (Å²) in [5, 5.41) is 0. The van der Waals surface area contributed by atoms with Gasteiger partial charge in [-0.3, -0.25) is 0 Å². The molecule has 1 aromatic carbocycles. The normalized spacial score (nSPS) is 12.6. The molecule has 0 spiro atoms. The van der Waals surface area contributed by atoms with Gasteiger partial charge in [0.25, 0.3) is 0 Å². The monoisotopic (exact) mass is 257 g/mol. The van der Waals surface area contributed by atoms with Crippen molar-refractivity contribution >= 4 is 0 Å².